The molecule has 0 saturated heterocycles. The van der Waals surface area contributed by atoms with Crippen LogP contribution in [0.15, 0.2) is 12.3 Å². The van der Waals surface area contributed by atoms with Crippen LogP contribution >= 0.6 is 0 Å². The van der Waals surface area contributed by atoms with E-state index in [1.807, 2.05) is 6.92 Å². The number of pyridine rings is 1. The van der Waals surface area contributed by atoms with E-state index in [0.717, 1.165) is 6.42 Å². The average molecular weight is 251 g/mol. The molecule has 0 radical (unpaired) electrons. The van der Waals surface area contributed by atoms with Gasteiger partial charge in [-0.2, -0.15) is 0 Å². The summed E-state index contributed by atoms with van der Waals surface area (Å²) in [6.07, 6.45) is 3.02. The van der Waals surface area contributed by atoms with Crippen LogP contribution in [0, 0.1) is 6.92 Å². The van der Waals surface area contributed by atoms with E-state index in [4.69, 9.17) is 5.73 Å². The summed E-state index contributed by atoms with van der Waals surface area (Å²) < 4.78 is 0. The fourth-order valence-electron chi connectivity index (χ4n) is 1.77. The van der Waals surface area contributed by atoms with Crippen LogP contribution in [0.1, 0.15) is 42.7 Å². The van der Waals surface area contributed by atoms with Gasteiger partial charge in [-0.1, -0.05) is 13.3 Å². The summed E-state index contributed by atoms with van der Waals surface area (Å²) in [5, 5.41) is 12.7. The number of aryl methyl sites for hydroxylation is 1. The second-order valence-corrected chi connectivity index (χ2v) is 4.83. The van der Waals surface area contributed by atoms with Crippen LogP contribution in [0.4, 0.5) is 5.69 Å². The Labute approximate surface area is 107 Å². The molecule has 0 aliphatic carbocycles. The van der Waals surface area contributed by atoms with Crippen molar-refractivity contribution >= 4 is 11.6 Å². The molecule has 0 saturated carbocycles. The van der Waals surface area contributed by atoms with Crippen LogP contribution < -0.4 is 11.1 Å². The maximum Gasteiger partial charge on any atom is 0.253 e. The summed E-state index contributed by atoms with van der Waals surface area (Å²) in [6, 6.07) is 1.59. The first kappa shape index (κ1) is 14.4. The SMILES string of the molecule is CCCC(C)(O)CNC(=O)c1cc(N)cnc1C. The predicted molar refractivity (Wildman–Crippen MR) is 71.3 cm³/mol. The lowest BCUT2D eigenvalue weighted by Gasteiger charge is -2.23. The smallest absolute Gasteiger partial charge is 0.253 e. The molecule has 5 nitrogen and oxygen atoms in total. The number of nitrogens with two attached hydrogens (primary N) is 1. The monoisotopic (exact) mass is 251 g/mol. The van der Waals surface area contributed by atoms with Gasteiger partial charge >= 0.3 is 0 Å². The van der Waals surface area contributed by atoms with Gasteiger partial charge in [0.05, 0.1) is 28.7 Å². The lowest BCUT2D eigenvalue weighted by molar-refractivity contribution is 0.0469. The molecule has 1 rings (SSSR count). The van der Waals surface area contributed by atoms with Crippen molar-refractivity contribution in [1.82, 2.24) is 10.3 Å². The minimum atomic E-state index is -0.883. The molecule has 0 fully saturated rings. The van der Waals surface area contributed by atoms with Crippen molar-refractivity contribution in [2.75, 3.05) is 12.3 Å². The third-order valence-electron chi connectivity index (χ3n) is 2.77. The van der Waals surface area contributed by atoms with Gasteiger partial charge in [0, 0.05) is 6.54 Å². The number of rotatable bonds is 5. The van der Waals surface area contributed by atoms with Crippen molar-refractivity contribution in [1.29, 1.82) is 0 Å². The quantitative estimate of drug-likeness (QED) is 0.735. The van der Waals surface area contributed by atoms with Crippen molar-refractivity contribution in [3.63, 3.8) is 0 Å². The first-order chi connectivity index (χ1) is 8.35. The summed E-state index contributed by atoms with van der Waals surface area (Å²) in [7, 11) is 0. The number of nitrogens with one attached hydrogen (secondary N) is 1. The molecule has 1 atom stereocenters. The Morgan fingerprint density at radius 3 is 2.89 bits per heavy atom. The van der Waals surface area contributed by atoms with Gasteiger partial charge in [-0.05, 0) is 26.3 Å². The molecule has 5 heteroatoms. The number of aromatic nitrogens is 1. The molecule has 0 bridgehead atoms. The third-order valence-corrected chi connectivity index (χ3v) is 2.77. The molecule has 4 N–H and O–H groups in total. The van der Waals surface area contributed by atoms with E-state index in [9.17, 15) is 9.90 Å². The van der Waals surface area contributed by atoms with Gasteiger partial charge in [0.15, 0.2) is 0 Å². The summed E-state index contributed by atoms with van der Waals surface area (Å²) in [5.41, 5.74) is 6.24. The van der Waals surface area contributed by atoms with Crippen molar-refractivity contribution in [3.8, 4) is 0 Å². The largest absolute Gasteiger partial charge is 0.397 e. The van der Waals surface area contributed by atoms with Crippen LogP contribution in [0.25, 0.3) is 0 Å². The molecule has 0 aliphatic rings. The van der Waals surface area contributed by atoms with Gasteiger partial charge in [-0.15, -0.1) is 0 Å². The minimum Gasteiger partial charge on any atom is -0.397 e. The summed E-state index contributed by atoms with van der Waals surface area (Å²) >= 11 is 0. The number of nitrogen functional groups attached to an aromatic ring is 1. The minimum absolute atomic E-state index is 0.216. The first-order valence-corrected chi connectivity index (χ1v) is 6.08. The highest BCUT2D eigenvalue weighted by Crippen LogP contribution is 2.12. The van der Waals surface area contributed by atoms with E-state index in [0.29, 0.717) is 23.4 Å². The highest BCUT2D eigenvalue weighted by molar-refractivity contribution is 5.95. The molecule has 0 aromatic carbocycles. The second kappa shape index (κ2) is 5.82. The average Bonchev–Trinajstić information content (AvgIpc) is 2.29. The second-order valence-electron chi connectivity index (χ2n) is 4.83. The molecule has 1 aromatic heterocycles. The molecule has 1 amide bonds. The summed E-state index contributed by atoms with van der Waals surface area (Å²) in [6.45, 7) is 5.66. The molecular weight excluding hydrogens is 230 g/mol. The van der Waals surface area contributed by atoms with Gasteiger partial charge in [0.1, 0.15) is 0 Å². The lowest BCUT2D eigenvalue weighted by Crippen LogP contribution is -2.40. The standard InChI is InChI=1S/C13H21N3O2/c1-4-5-13(3,18)8-16-12(17)11-6-10(14)7-15-9(11)2/h6-7,18H,4-5,8,14H2,1-3H3,(H,16,17). The van der Waals surface area contributed by atoms with E-state index in [1.165, 1.54) is 6.20 Å². The zero-order valence-corrected chi connectivity index (χ0v) is 11.2. The topological polar surface area (TPSA) is 88.2 Å². The van der Waals surface area contributed by atoms with Crippen LogP contribution in [-0.2, 0) is 0 Å². The fraction of sp³-hybridized carbons (Fsp3) is 0.538. The summed E-state index contributed by atoms with van der Waals surface area (Å²) in [4.78, 5) is 16.0. The number of aliphatic hydroxyl groups is 1. The Morgan fingerprint density at radius 2 is 2.28 bits per heavy atom. The predicted octanol–water partition coefficient (Wildman–Crippen LogP) is 1.25. The number of amides is 1. The molecule has 1 unspecified atom stereocenters. The normalized spacial score (nSPS) is 14.0. The van der Waals surface area contributed by atoms with Crippen molar-refractivity contribution in [2.24, 2.45) is 0 Å². The van der Waals surface area contributed by atoms with Crippen molar-refractivity contribution < 1.29 is 9.90 Å². The van der Waals surface area contributed by atoms with Crippen LogP contribution in [-0.4, -0.2) is 28.1 Å². The Balaban J connectivity index is 2.69. The maximum atomic E-state index is 12.0. The number of anilines is 1. The van der Waals surface area contributed by atoms with Gasteiger partial charge in [0.2, 0.25) is 0 Å². The maximum absolute atomic E-state index is 12.0. The van der Waals surface area contributed by atoms with Gasteiger partial charge in [0.25, 0.3) is 5.91 Å². The van der Waals surface area contributed by atoms with E-state index < -0.39 is 5.60 Å². The summed E-state index contributed by atoms with van der Waals surface area (Å²) in [5.74, 6) is -0.260. The molecule has 18 heavy (non-hydrogen) atoms. The molecule has 0 spiro atoms. The van der Waals surface area contributed by atoms with Gasteiger partial charge in [-0.25, -0.2) is 0 Å². The molecule has 0 aliphatic heterocycles. The van der Waals surface area contributed by atoms with Crippen molar-refractivity contribution in [2.45, 2.75) is 39.2 Å². The Kier molecular flexibility index (Phi) is 4.67. The fourth-order valence-corrected chi connectivity index (χ4v) is 1.77. The number of carbonyl (C=O) groups is 1. The zero-order chi connectivity index (χ0) is 13.8. The van der Waals surface area contributed by atoms with E-state index in [2.05, 4.69) is 10.3 Å². The van der Waals surface area contributed by atoms with E-state index >= 15 is 0 Å². The van der Waals surface area contributed by atoms with Crippen LogP contribution in [0.3, 0.4) is 0 Å². The van der Waals surface area contributed by atoms with Crippen LogP contribution in [0.5, 0.6) is 0 Å². The lowest BCUT2D eigenvalue weighted by atomic mass is 10.0. The Morgan fingerprint density at radius 1 is 1.61 bits per heavy atom. The number of nitrogens with zero attached hydrogens (tertiary/aromatic N) is 1. The number of hydrogen-bond acceptors (Lipinski definition) is 4. The molecule has 100 valence electrons. The molecule has 1 heterocycles. The zero-order valence-electron chi connectivity index (χ0n) is 11.2. The van der Waals surface area contributed by atoms with Crippen molar-refractivity contribution in [3.05, 3.63) is 23.5 Å². The van der Waals surface area contributed by atoms with E-state index in [1.54, 1.807) is 19.9 Å². The number of carbonyl (C=O) groups excluding carboxylic acids is 1. The first-order valence-electron chi connectivity index (χ1n) is 6.08. The molecular formula is C13H21N3O2. The van der Waals surface area contributed by atoms with Crippen LogP contribution in [0.2, 0.25) is 0 Å². The molecule has 1 aromatic rings. The third kappa shape index (κ3) is 4.00. The van der Waals surface area contributed by atoms with Gasteiger partial charge in [-0.3, -0.25) is 9.78 Å². The van der Waals surface area contributed by atoms with E-state index in [-0.39, 0.29) is 12.5 Å². The highest BCUT2D eigenvalue weighted by atomic mass is 16.3. The Bertz CT molecular complexity index is 430. The number of hydrogen-bond donors (Lipinski definition) is 3. The van der Waals surface area contributed by atoms with Gasteiger partial charge < -0.3 is 16.2 Å². The highest BCUT2D eigenvalue weighted by Gasteiger charge is 2.21. The Hall–Kier alpha value is -1.62.